The molecule has 1 aromatic heterocycles. The summed E-state index contributed by atoms with van der Waals surface area (Å²) in [6.07, 6.45) is 6.25. The number of pyridine rings is 1. The summed E-state index contributed by atoms with van der Waals surface area (Å²) in [5.41, 5.74) is 4.19. The highest BCUT2D eigenvalue weighted by atomic mass is 19.1. The second-order valence-corrected chi connectivity index (χ2v) is 12.3. The average molecular weight is 613 g/mol. The molecule has 2 saturated heterocycles. The van der Waals surface area contributed by atoms with E-state index in [-0.39, 0.29) is 5.75 Å². The van der Waals surface area contributed by atoms with Gasteiger partial charge in [-0.05, 0) is 81.8 Å². The molecule has 236 valence electrons. The van der Waals surface area contributed by atoms with Crippen LogP contribution < -0.4 is 14.5 Å². The SMILES string of the molecule is C=C(F)C(=O)N1CCN(c2c(C#N)c(OCCCC[C@@H]3CCCN3C)nc3c2CCN(c2cccc4cc(O)ccc24)C3)CC1. The number of carbonyl (C=O) groups excluding carboxylic acids is 1. The zero-order valence-corrected chi connectivity index (χ0v) is 26.0. The predicted molar refractivity (Wildman–Crippen MR) is 173 cm³/mol. The van der Waals surface area contributed by atoms with Crippen LogP contribution in [0.2, 0.25) is 0 Å². The van der Waals surface area contributed by atoms with Gasteiger partial charge in [-0.2, -0.15) is 5.26 Å². The number of aromatic hydroxyl groups is 1. The number of carbonyl (C=O) groups is 1. The van der Waals surface area contributed by atoms with Gasteiger partial charge >= 0.3 is 0 Å². The van der Waals surface area contributed by atoms with Crippen molar-refractivity contribution in [2.45, 2.75) is 51.1 Å². The summed E-state index contributed by atoms with van der Waals surface area (Å²) in [4.78, 5) is 25.5. The number of nitriles is 1. The molecule has 6 rings (SSSR count). The number of anilines is 2. The lowest BCUT2D eigenvalue weighted by Gasteiger charge is -2.39. The first-order valence-electron chi connectivity index (χ1n) is 16.0. The molecule has 10 heteroatoms. The summed E-state index contributed by atoms with van der Waals surface area (Å²) in [5.74, 6) is -1.06. The van der Waals surface area contributed by atoms with Crippen molar-refractivity contribution in [3.8, 4) is 17.7 Å². The lowest BCUT2D eigenvalue weighted by molar-refractivity contribution is -0.128. The molecule has 45 heavy (non-hydrogen) atoms. The first-order chi connectivity index (χ1) is 21.8. The molecule has 2 aromatic carbocycles. The second-order valence-electron chi connectivity index (χ2n) is 12.3. The Bertz CT molecular complexity index is 1630. The number of phenols is 1. The van der Waals surface area contributed by atoms with Gasteiger partial charge in [-0.1, -0.05) is 18.7 Å². The van der Waals surface area contributed by atoms with E-state index in [1.807, 2.05) is 18.2 Å². The topological polar surface area (TPSA) is 96.2 Å². The Hall–Kier alpha value is -4.36. The van der Waals surface area contributed by atoms with Crippen molar-refractivity contribution in [2.24, 2.45) is 0 Å². The smallest absolute Gasteiger partial charge is 0.282 e. The van der Waals surface area contributed by atoms with E-state index in [2.05, 4.69) is 40.5 Å². The van der Waals surface area contributed by atoms with Crippen LogP contribution in [0.1, 0.15) is 48.9 Å². The highest BCUT2D eigenvalue weighted by Crippen LogP contribution is 2.39. The maximum absolute atomic E-state index is 13.6. The molecule has 0 saturated carbocycles. The Balaban J connectivity index is 1.27. The molecular weight excluding hydrogens is 571 g/mol. The first-order valence-corrected chi connectivity index (χ1v) is 16.0. The lowest BCUT2D eigenvalue weighted by atomic mass is 9.97. The summed E-state index contributed by atoms with van der Waals surface area (Å²) < 4.78 is 19.9. The zero-order chi connectivity index (χ0) is 31.5. The van der Waals surface area contributed by atoms with Crippen LogP contribution in [-0.2, 0) is 17.8 Å². The number of nitrogens with zero attached hydrogens (tertiary/aromatic N) is 6. The number of aromatic nitrogens is 1. The molecule has 0 aliphatic carbocycles. The Morgan fingerprint density at radius 1 is 1.13 bits per heavy atom. The van der Waals surface area contributed by atoms with E-state index in [4.69, 9.17) is 9.72 Å². The summed E-state index contributed by atoms with van der Waals surface area (Å²) in [7, 11) is 2.20. The van der Waals surface area contributed by atoms with Crippen molar-refractivity contribution >= 4 is 28.1 Å². The van der Waals surface area contributed by atoms with Crippen molar-refractivity contribution in [1.29, 1.82) is 5.26 Å². The minimum Gasteiger partial charge on any atom is -0.508 e. The molecule has 1 atom stereocenters. The molecule has 2 fully saturated rings. The third-order valence-electron chi connectivity index (χ3n) is 9.54. The van der Waals surface area contributed by atoms with Crippen molar-refractivity contribution in [2.75, 3.05) is 62.7 Å². The lowest BCUT2D eigenvalue weighted by Crippen LogP contribution is -2.49. The van der Waals surface area contributed by atoms with E-state index < -0.39 is 11.7 Å². The zero-order valence-electron chi connectivity index (χ0n) is 26.0. The number of likely N-dealkylation sites (tertiary alicyclic amines) is 1. The molecule has 0 spiro atoms. The molecular formula is C35H41FN6O3. The molecule has 3 aliphatic rings. The number of amides is 1. The number of rotatable bonds is 9. The number of hydrogen-bond donors (Lipinski definition) is 1. The third kappa shape index (κ3) is 6.40. The van der Waals surface area contributed by atoms with Crippen LogP contribution in [-0.4, -0.2) is 84.8 Å². The van der Waals surface area contributed by atoms with Gasteiger partial charge in [0.1, 0.15) is 17.4 Å². The number of unbranched alkanes of at least 4 members (excludes halogenated alkanes) is 1. The van der Waals surface area contributed by atoms with E-state index >= 15 is 0 Å². The number of halogens is 1. The Labute approximate surface area is 264 Å². The van der Waals surface area contributed by atoms with Gasteiger partial charge in [0, 0.05) is 55.4 Å². The Morgan fingerprint density at radius 3 is 2.69 bits per heavy atom. The van der Waals surface area contributed by atoms with Gasteiger partial charge in [-0.15, -0.1) is 0 Å². The molecule has 1 amide bonds. The molecule has 0 radical (unpaired) electrons. The molecule has 3 aliphatic heterocycles. The Kier molecular flexibility index (Phi) is 9.08. The van der Waals surface area contributed by atoms with Gasteiger partial charge in [-0.3, -0.25) is 4.79 Å². The van der Waals surface area contributed by atoms with Gasteiger partial charge in [0.25, 0.3) is 5.91 Å². The van der Waals surface area contributed by atoms with Crippen LogP contribution in [0.5, 0.6) is 11.6 Å². The van der Waals surface area contributed by atoms with Crippen LogP contribution in [0, 0.1) is 11.3 Å². The number of fused-ring (bicyclic) bond motifs is 2. The molecule has 4 heterocycles. The maximum Gasteiger partial charge on any atom is 0.282 e. The van der Waals surface area contributed by atoms with Crippen LogP contribution in [0.25, 0.3) is 10.8 Å². The van der Waals surface area contributed by atoms with Gasteiger partial charge in [0.2, 0.25) is 5.88 Å². The van der Waals surface area contributed by atoms with Gasteiger partial charge in [-0.25, -0.2) is 9.37 Å². The van der Waals surface area contributed by atoms with Crippen LogP contribution in [0.15, 0.2) is 48.8 Å². The molecule has 0 unspecified atom stereocenters. The number of ether oxygens (including phenoxy) is 1. The van der Waals surface area contributed by atoms with Crippen molar-refractivity contribution < 1.29 is 19.0 Å². The van der Waals surface area contributed by atoms with Crippen LogP contribution in [0.4, 0.5) is 15.8 Å². The summed E-state index contributed by atoms with van der Waals surface area (Å²) >= 11 is 0. The number of phenolic OH excluding ortho intramolecular Hbond substituents is 1. The van der Waals surface area contributed by atoms with Gasteiger partial charge < -0.3 is 29.4 Å². The first kappa shape index (κ1) is 30.7. The monoisotopic (exact) mass is 612 g/mol. The second kappa shape index (κ2) is 13.3. The fourth-order valence-electron chi connectivity index (χ4n) is 7.12. The normalized spacial score (nSPS) is 18.6. The fourth-order valence-corrected chi connectivity index (χ4v) is 7.12. The van der Waals surface area contributed by atoms with Gasteiger partial charge in [0.15, 0.2) is 5.83 Å². The molecule has 1 N–H and O–H groups in total. The number of piperazine rings is 1. The van der Waals surface area contributed by atoms with Crippen molar-refractivity contribution in [3.05, 3.63) is 65.6 Å². The summed E-state index contributed by atoms with van der Waals surface area (Å²) in [5, 5.41) is 22.5. The minimum atomic E-state index is -0.957. The van der Waals surface area contributed by atoms with Crippen LogP contribution >= 0.6 is 0 Å². The summed E-state index contributed by atoms with van der Waals surface area (Å²) in [6, 6.07) is 14.5. The number of hydrogen-bond acceptors (Lipinski definition) is 8. The highest BCUT2D eigenvalue weighted by Gasteiger charge is 2.32. The highest BCUT2D eigenvalue weighted by molar-refractivity contribution is 5.95. The standard InChI is InChI=1S/C35H41FN6O3/c1-24(36)35(44)41-18-16-40(17-19-41)33-29-13-15-42(32-10-5-7-25-21-27(43)11-12-28(25)32)23-31(29)38-34(30(33)22-37)45-20-4-3-8-26-9-6-14-39(26)2/h5,7,10-12,21,26,43H,1,3-4,6,8-9,13-20,23H2,2H3/t26-/m1/s1. The van der Waals surface area contributed by atoms with E-state index in [1.165, 1.54) is 17.7 Å². The Morgan fingerprint density at radius 2 is 1.96 bits per heavy atom. The fraction of sp³-hybridized carbons (Fsp3) is 0.457. The van der Waals surface area contributed by atoms with Crippen LogP contribution in [0.3, 0.4) is 0 Å². The quantitative estimate of drug-likeness (QED) is 0.262. The maximum atomic E-state index is 13.6. The molecule has 0 bridgehead atoms. The largest absolute Gasteiger partial charge is 0.508 e. The third-order valence-corrected chi connectivity index (χ3v) is 9.54. The van der Waals surface area contributed by atoms with E-state index in [9.17, 15) is 19.6 Å². The number of benzene rings is 2. The van der Waals surface area contributed by atoms with E-state index in [0.29, 0.717) is 63.2 Å². The summed E-state index contributed by atoms with van der Waals surface area (Å²) in [6.45, 7) is 7.69. The van der Waals surface area contributed by atoms with Crippen molar-refractivity contribution in [3.63, 3.8) is 0 Å². The molecule has 9 nitrogen and oxygen atoms in total. The van der Waals surface area contributed by atoms with Crippen molar-refractivity contribution in [1.82, 2.24) is 14.8 Å². The van der Waals surface area contributed by atoms with E-state index in [0.717, 1.165) is 65.8 Å². The van der Waals surface area contributed by atoms with E-state index in [1.54, 1.807) is 12.1 Å². The molecule has 3 aromatic rings. The predicted octanol–water partition coefficient (Wildman–Crippen LogP) is 5.15. The van der Waals surface area contributed by atoms with Gasteiger partial charge in [0.05, 0.1) is 24.5 Å². The average Bonchev–Trinajstić information content (AvgIpc) is 3.46. The minimum absolute atomic E-state index is 0.230.